The molecule has 112 valence electrons. The Morgan fingerprint density at radius 3 is 2.57 bits per heavy atom. The number of hydrogen-bond acceptors (Lipinski definition) is 2. The molecule has 0 aliphatic heterocycles. The third-order valence-electron chi connectivity index (χ3n) is 3.78. The van der Waals surface area contributed by atoms with Crippen LogP contribution >= 0.6 is 0 Å². The number of carboxylic acids is 1. The average molecular weight is 287 g/mol. The molecule has 2 rings (SSSR count). The molecule has 4 nitrogen and oxygen atoms in total. The number of allylic oxidation sites excluding steroid dienone is 1. The molecule has 0 aromatic heterocycles. The third kappa shape index (κ3) is 5.06. The Kier molecular flexibility index (Phi) is 5.14. The maximum absolute atomic E-state index is 11.8. The van der Waals surface area contributed by atoms with Crippen molar-refractivity contribution in [3.63, 3.8) is 0 Å². The number of nitrogens with one attached hydrogen (secondary N) is 1. The maximum atomic E-state index is 11.8. The molecule has 1 unspecified atom stereocenters. The van der Waals surface area contributed by atoms with Crippen LogP contribution in [-0.4, -0.2) is 23.5 Å². The number of benzene rings is 1. The minimum absolute atomic E-state index is 0.150. The van der Waals surface area contributed by atoms with Gasteiger partial charge in [0.15, 0.2) is 0 Å². The van der Waals surface area contributed by atoms with Gasteiger partial charge in [-0.2, -0.15) is 0 Å². The summed E-state index contributed by atoms with van der Waals surface area (Å²) in [6, 6.07) is 9.46. The molecule has 0 saturated heterocycles. The van der Waals surface area contributed by atoms with Gasteiger partial charge in [-0.25, -0.2) is 0 Å². The van der Waals surface area contributed by atoms with Crippen LogP contribution in [0.15, 0.2) is 42.0 Å². The Hall–Kier alpha value is -2.10. The van der Waals surface area contributed by atoms with Gasteiger partial charge >= 0.3 is 5.97 Å². The summed E-state index contributed by atoms with van der Waals surface area (Å²) in [4.78, 5) is 23.1. The van der Waals surface area contributed by atoms with E-state index < -0.39 is 11.9 Å². The minimum atomic E-state index is -0.887. The Labute approximate surface area is 124 Å². The summed E-state index contributed by atoms with van der Waals surface area (Å²) in [6.07, 6.45) is 4.32. The van der Waals surface area contributed by atoms with Crippen LogP contribution in [-0.2, 0) is 16.0 Å². The first-order valence-electron chi connectivity index (χ1n) is 7.29. The quantitative estimate of drug-likeness (QED) is 0.757. The number of carbonyl (C=O) groups is 2. The fourth-order valence-corrected chi connectivity index (χ4v) is 2.28. The summed E-state index contributed by atoms with van der Waals surface area (Å²) >= 11 is 0. The molecule has 0 heterocycles. The first-order valence-corrected chi connectivity index (χ1v) is 7.29. The Morgan fingerprint density at radius 1 is 1.33 bits per heavy atom. The molecule has 2 N–H and O–H groups in total. The fourth-order valence-electron chi connectivity index (χ4n) is 2.28. The van der Waals surface area contributed by atoms with Crippen LogP contribution in [0, 0.1) is 11.8 Å². The Bertz CT molecular complexity index is 532. The van der Waals surface area contributed by atoms with E-state index in [1.165, 1.54) is 0 Å². The number of amides is 1. The molecule has 21 heavy (non-hydrogen) atoms. The lowest BCUT2D eigenvalue weighted by molar-refractivity contribution is -0.141. The van der Waals surface area contributed by atoms with Crippen molar-refractivity contribution in [3.8, 4) is 0 Å². The second-order valence-electron chi connectivity index (χ2n) is 5.63. The minimum Gasteiger partial charge on any atom is -0.481 e. The lowest BCUT2D eigenvalue weighted by Gasteiger charge is -2.13. The van der Waals surface area contributed by atoms with Crippen LogP contribution in [0.5, 0.6) is 0 Å². The van der Waals surface area contributed by atoms with E-state index in [-0.39, 0.29) is 12.5 Å². The van der Waals surface area contributed by atoms with Gasteiger partial charge in [0.2, 0.25) is 5.91 Å². The first-order chi connectivity index (χ1) is 10.1. The normalized spacial score (nSPS) is 16.3. The summed E-state index contributed by atoms with van der Waals surface area (Å²) < 4.78 is 0. The number of hydrogen-bond donors (Lipinski definition) is 2. The largest absolute Gasteiger partial charge is 0.481 e. The summed E-state index contributed by atoms with van der Waals surface area (Å²) in [5, 5.41) is 12.0. The highest BCUT2D eigenvalue weighted by molar-refractivity contribution is 5.88. The predicted octanol–water partition coefficient (Wildman–Crippen LogP) is 2.40. The van der Waals surface area contributed by atoms with Crippen LogP contribution in [0.25, 0.3) is 0 Å². The van der Waals surface area contributed by atoms with E-state index in [0.29, 0.717) is 12.3 Å². The van der Waals surface area contributed by atoms with E-state index >= 15 is 0 Å². The highest BCUT2D eigenvalue weighted by Crippen LogP contribution is 2.35. The second-order valence-corrected chi connectivity index (χ2v) is 5.63. The molecule has 1 atom stereocenters. The molecule has 1 aliphatic rings. The molecule has 4 heteroatoms. The summed E-state index contributed by atoms with van der Waals surface area (Å²) in [5.41, 5.74) is 2.05. The molecule has 0 radical (unpaired) electrons. The molecule has 0 spiro atoms. The van der Waals surface area contributed by atoms with Gasteiger partial charge < -0.3 is 10.4 Å². The van der Waals surface area contributed by atoms with Crippen molar-refractivity contribution in [2.24, 2.45) is 11.8 Å². The third-order valence-corrected chi connectivity index (χ3v) is 3.78. The van der Waals surface area contributed by atoms with Gasteiger partial charge in [0, 0.05) is 12.6 Å². The van der Waals surface area contributed by atoms with E-state index in [1.807, 2.05) is 37.3 Å². The topological polar surface area (TPSA) is 66.4 Å². The number of carboxylic acid groups (broad SMARTS) is 1. The van der Waals surface area contributed by atoms with Gasteiger partial charge in [0.1, 0.15) is 0 Å². The van der Waals surface area contributed by atoms with E-state index in [4.69, 9.17) is 0 Å². The SMILES string of the molecule is CC(=CC(=O)NCC(Cc1ccccc1)C(=O)O)C1CC1. The van der Waals surface area contributed by atoms with E-state index in [1.54, 1.807) is 6.08 Å². The first kappa shape index (κ1) is 15.3. The predicted molar refractivity (Wildman–Crippen MR) is 80.8 cm³/mol. The van der Waals surface area contributed by atoms with Gasteiger partial charge in [-0.15, -0.1) is 0 Å². The molecule has 1 aromatic rings. The zero-order chi connectivity index (χ0) is 15.2. The Balaban J connectivity index is 1.86. The molecule has 1 aliphatic carbocycles. The van der Waals surface area contributed by atoms with Crippen LogP contribution in [0.4, 0.5) is 0 Å². The van der Waals surface area contributed by atoms with Crippen molar-refractivity contribution in [2.75, 3.05) is 6.54 Å². The van der Waals surface area contributed by atoms with Gasteiger partial charge in [-0.3, -0.25) is 9.59 Å². The standard InChI is InChI=1S/C17H21NO3/c1-12(14-7-8-14)9-16(19)18-11-15(17(20)21)10-13-5-3-2-4-6-13/h2-6,9,14-15H,7-8,10-11H2,1H3,(H,18,19)(H,20,21). The molecule has 0 bridgehead atoms. The summed E-state index contributed by atoms with van der Waals surface area (Å²) in [5.74, 6) is -1.14. The molecular weight excluding hydrogens is 266 g/mol. The Morgan fingerprint density at radius 2 is 2.00 bits per heavy atom. The smallest absolute Gasteiger partial charge is 0.308 e. The summed E-state index contributed by atoms with van der Waals surface area (Å²) in [7, 11) is 0. The zero-order valence-corrected chi connectivity index (χ0v) is 12.2. The highest BCUT2D eigenvalue weighted by atomic mass is 16.4. The highest BCUT2D eigenvalue weighted by Gasteiger charge is 2.24. The lowest BCUT2D eigenvalue weighted by Crippen LogP contribution is -2.33. The summed E-state index contributed by atoms with van der Waals surface area (Å²) in [6.45, 7) is 2.10. The van der Waals surface area contributed by atoms with E-state index in [9.17, 15) is 14.7 Å². The monoisotopic (exact) mass is 287 g/mol. The average Bonchev–Trinajstić information content (AvgIpc) is 3.28. The zero-order valence-electron chi connectivity index (χ0n) is 12.2. The number of carbonyl (C=O) groups excluding carboxylic acids is 1. The van der Waals surface area contributed by atoms with Crippen LogP contribution < -0.4 is 5.32 Å². The molecule has 1 amide bonds. The van der Waals surface area contributed by atoms with Gasteiger partial charge in [0.05, 0.1) is 5.92 Å². The molecule has 1 saturated carbocycles. The van der Waals surface area contributed by atoms with E-state index in [2.05, 4.69) is 5.32 Å². The van der Waals surface area contributed by atoms with Crippen LogP contribution in [0.3, 0.4) is 0 Å². The second kappa shape index (κ2) is 7.07. The van der Waals surface area contributed by atoms with Crippen molar-refractivity contribution in [3.05, 3.63) is 47.5 Å². The van der Waals surface area contributed by atoms with Crippen molar-refractivity contribution in [2.45, 2.75) is 26.2 Å². The van der Waals surface area contributed by atoms with Crippen LogP contribution in [0.1, 0.15) is 25.3 Å². The van der Waals surface area contributed by atoms with Crippen molar-refractivity contribution >= 4 is 11.9 Å². The van der Waals surface area contributed by atoms with Gasteiger partial charge in [0.25, 0.3) is 0 Å². The van der Waals surface area contributed by atoms with Crippen LogP contribution in [0.2, 0.25) is 0 Å². The number of aliphatic carboxylic acids is 1. The maximum Gasteiger partial charge on any atom is 0.308 e. The molecule has 1 fully saturated rings. The van der Waals surface area contributed by atoms with Gasteiger partial charge in [-0.05, 0) is 37.7 Å². The molecular formula is C17H21NO3. The molecule has 1 aromatic carbocycles. The van der Waals surface area contributed by atoms with E-state index in [0.717, 1.165) is 24.0 Å². The number of rotatable bonds is 7. The lowest BCUT2D eigenvalue weighted by atomic mass is 9.99. The fraction of sp³-hybridized carbons (Fsp3) is 0.412. The van der Waals surface area contributed by atoms with Gasteiger partial charge in [-0.1, -0.05) is 35.9 Å². The van der Waals surface area contributed by atoms with Crippen molar-refractivity contribution in [1.82, 2.24) is 5.32 Å². The van der Waals surface area contributed by atoms with Crippen molar-refractivity contribution < 1.29 is 14.7 Å². The van der Waals surface area contributed by atoms with Crippen molar-refractivity contribution in [1.29, 1.82) is 0 Å².